The summed E-state index contributed by atoms with van der Waals surface area (Å²) in [6.45, 7) is 9.41. The largest absolute Gasteiger partial charge is 0.384 e. The van der Waals surface area contributed by atoms with E-state index in [2.05, 4.69) is 38.1 Å². The first-order valence-corrected chi connectivity index (χ1v) is 19.1. The van der Waals surface area contributed by atoms with Crippen LogP contribution >= 0.6 is 0 Å². The molecular weight excluding hydrogens is 705 g/mol. The number of H-pyrrole nitrogens is 1. The van der Waals surface area contributed by atoms with Gasteiger partial charge in [-0.25, -0.2) is 4.39 Å². The third-order valence-corrected chi connectivity index (χ3v) is 10.6. The average molecular weight is 754 g/mol. The van der Waals surface area contributed by atoms with Crippen LogP contribution in [0.2, 0.25) is 0 Å². The summed E-state index contributed by atoms with van der Waals surface area (Å²) in [5, 5.41) is 11.3. The lowest BCUT2D eigenvalue weighted by Gasteiger charge is -2.27. The highest BCUT2D eigenvalue weighted by molar-refractivity contribution is 6.35. The molecule has 4 heterocycles. The fourth-order valence-corrected chi connectivity index (χ4v) is 7.60. The molecule has 3 aliphatic rings. The van der Waals surface area contributed by atoms with Crippen LogP contribution in [0.1, 0.15) is 112 Å². The van der Waals surface area contributed by atoms with Crippen LogP contribution in [0, 0.1) is 19.7 Å². The molecule has 1 unspecified atom stereocenters. The summed E-state index contributed by atoms with van der Waals surface area (Å²) >= 11 is 0. The Balaban J connectivity index is 0.878. The second-order valence-electron chi connectivity index (χ2n) is 14.3. The molecule has 6 rings (SSSR count). The van der Waals surface area contributed by atoms with Gasteiger partial charge in [-0.15, -0.1) is 0 Å². The number of hydrogen-bond acceptors (Lipinski definition) is 8. The zero-order valence-corrected chi connectivity index (χ0v) is 31.5. The van der Waals surface area contributed by atoms with Gasteiger partial charge < -0.3 is 25.8 Å². The number of hydrogen-bond donors (Lipinski definition) is 5. The van der Waals surface area contributed by atoms with Gasteiger partial charge in [0.25, 0.3) is 23.6 Å². The van der Waals surface area contributed by atoms with Gasteiger partial charge in [-0.05, 0) is 88.2 Å². The van der Waals surface area contributed by atoms with Gasteiger partial charge in [0, 0.05) is 54.4 Å². The third-order valence-electron chi connectivity index (χ3n) is 10.6. The first-order chi connectivity index (χ1) is 26.5. The van der Waals surface area contributed by atoms with E-state index < -0.39 is 35.5 Å². The topological polar surface area (TPSA) is 173 Å². The maximum Gasteiger partial charge on any atom is 0.264 e. The Labute approximate surface area is 319 Å². The monoisotopic (exact) mass is 753 g/mol. The number of fused-ring (bicyclic) bond motifs is 2. The van der Waals surface area contributed by atoms with Crippen LogP contribution in [0.3, 0.4) is 0 Å². The zero-order chi connectivity index (χ0) is 39.2. The van der Waals surface area contributed by atoms with E-state index in [-0.39, 0.29) is 35.8 Å². The lowest BCUT2D eigenvalue weighted by atomic mass is 10.0. The van der Waals surface area contributed by atoms with Crippen LogP contribution in [0.5, 0.6) is 0 Å². The lowest BCUT2D eigenvalue weighted by Crippen LogP contribution is -2.54. The van der Waals surface area contributed by atoms with Crippen molar-refractivity contribution in [3.8, 4) is 0 Å². The Bertz CT molecular complexity index is 2060. The predicted molar refractivity (Wildman–Crippen MR) is 207 cm³/mol. The van der Waals surface area contributed by atoms with Crippen molar-refractivity contribution in [3.63, 3.8) is 0 Å². The number of benzene rings is 2. The molecule has 13 nitrogen and oxygen atoms in total. The van der Waals surface area contributed by atoms with Crippen LogP contribution in [0.15, 0.2) is 36.4 Å². The minimum atomic E-state index is -0.990. The van der Waals surface area contributed by atoms with Gasteiger partial charge in [0.2, 0.25) is 11.8 Å². The first kappa shape index (κ1) is 39.1. The maximum absolute atomic E-state index is 13.9. The van der Waals surface area contributed by atoms with Crippen molar-refractivity contribution >= 4 is 58.5 Å². The molecule has 3 aromatic rings. The molecule has 14 heteroatoms. The summed E-state index contributed by atoms with van der Waals surface area (Å²) < 4.78 is 13.9. The van der Waals surface area contributed by atoms with Crippen molar-refractivity contribution in [2.45, 2.75) is 78.2 Å². The number of unbranched alkanes of at least 4 members (excludes halogenated alkanes) is 5. The van der Waals surface area contributed by atoms with Crippen molar-refractivity contribution in [1.82, 2.24) is 25.4 Å². The Morgan fingerprint density at radius 3 is 2.45 bits per heavy atom. The molecule has 0 spiro atoms. The quantitative estimate of drug-likeness (QED) is 0.0714. The normalized spacial score (nSPS) is 17.2. The molecule has 55 heavy (non-hydrogen) atoms. The van der Waals surface area contributed by atoms with Crippen molar-refractivity contribution in [2.24, 2.45) is 0 Å². The van der Waals surface area contributed by atoms with Crippen molar-refractivity contribution < 1.29 is 33.2 Å². The highest BCUT2D eigenvalue weighted by atomic mass is 19.1. The minimum absolute atomic E-state index is 0.0787. The molecule has 290 valence electrons. The summed E-state index contributed by atoms with van der Waals surface area (Å²) in [7, 11) is 0. The van der Waals surface area contributed by atoms with E-state index in [1.807, 2.05) is 13.8 Å². The molecule has 6 amide bonds. The number of amides is 6. The van der Waals surface area contributed by atoms with Gasteiger partial charge in [0.05, 0.1) is 22.3 Å². The maximum atomic E-state index is 13.9. The number of aromatic nitrogens is 1. The highest BCUT2D eigenvalue weighted by Crippen LogP contribution is 2.35. The predicted octanol–water partition coefficient (Wildman–Crippen LogP) is 5.17. The number of nitrogens with one attached hydrogen (secondary N) is 5. The Morgan fingerprint density at radius 1 is 0.927 bits per heavy atom. The number of carbonyl (C=O) groups is 6. The Kier molecular flexibility index (Phi) is 12.2. The Hall–Kier alpha value is -5.63. The van der Waals surface area contributed by atoms with Crippen molar-refractivity contribution in [2.75, 3.05) is 43.4 Å². The standard InChI is InChI=1S/C41H48FN7O6/c1-4-48(21-19-44-39(53)35-24(2)32(45-25(35)3)23-29-28-22-26(42)14-15-30(28)46-37(29)51)20-10-8-6-5-7-9-18-43-31-13-11-12-27-36(31)41(55)49(40(27)54)33-16-17-34(50)47-38(33)52/h11-15,22-23,33,43,45H,4-10,16-21H2,1-3H3,(H,44,53)(H,46,51)(H,47,50,52). The smallest absolute Gasteiger partial charge is 0.264 e. The van der Waals surface area contributed by atoms with Crippen molar-refractivity contribution in [1.29, 1.82) is 0 Å². The van der Waals surface area contributed by atoms with Crippen molar-refractivity contribution in [3.05, 3.63) is 81.4 Å². The molecule has 0 aliphatic carbocycles. The summed E-state index contributed by atoms with van der Waals surface area (Å²) in [5.41, 5.74) is 5.07. The molecule has 0 bridgehead atoms. The van der Waals surface area contributed by atoms with E-state index >= 15 is 0 Å². The number of likely N-dealkylation sites (N-methyl/N-ethyl adjacent to an activating group) is 1. The van der Waals surface area contributed by atoms with Crippen LogP contribution in [-0.4, -0.2) is 89.0 Å². The second kappa shape index (κ2) is 17.2. The van der Waals surface area contributed by atoms with E-state index in [0.717, 1.165) is 68.6 Å². The van der Waals surface area contributed by atoms with E-state index in [0.29, 0.717) is 52.6 Å². The lowest BCUT2D eigenvalue weighted by molar-refractivity contribution is -0.136. The number of halogens is 1. The van der Waals surface area contributed by atoms with Crippen LogP contribution < -0.4 is 21.3 Å². The van der Waals surface area contributed by atoms with E-state index in [1.54, 1.807) is 24.3 Å². The van der Waals surface area contributed by atoms with Gasteiger partial charge in [-0.2, -0.15) is 0 Å². The van der Waals surface area contributed by atoms with Crippen LogP contribution in [-0.2, 0) is 14.4 Å². The highest BCUT2D eigenvalue weighted by Gasteiger charge is 2.45. The van der Waals surface area contributed by atoms with E-state index in [9.17, 15) is 33.2 Å². The molecule has 0 saturated carbocycles. The fraction of sp³-hybridized carbons (Fsp3) is 0.415. The fourth-order valence-electron chi connectivity index (χ4n) is 7.60. The summed E-state index contributed by atoms with van der Waals surface area (Å²) in [6.07, 6.45) is 8.07. The van der Waals surface area contributed by atoms with Gasteiger partial charge in [-0.3, -0.25) is 39.0 Å². The third kappa shape index (κ3) is 8.54. The number of anilines is 2. The second-order valence-corrected chi connectivity index (χ2v) is 14.3. The summed E-state index contributed by atoms with van der Waals surface area (Å²) in [5.74, 6) is -2.99. The van der Waals surface area contributed by atoms with Gasteiger partial charge in [-0.1, -0.05) is 38.7 Å². The zero-order valence-electron chi connectivity index (χ0n) is 31.5. The number of aromatic amines is 1. The molecule has 1 aromatic heterocycles. The minimum Gasteiger partial charge on any atom is -0.384 e. The molecule has 3 aliphatic heterocycles. The molecule has 0 radical (unpaired) electrons. The van der Waals surface area contributed by atoms with Crippen LogP contribution in [0.4, 0.5) is 15.8 Å². The van der Waals surface area contributed by atoms with E-state index in [4.69, 9.17) is 0 Å². The number of carbonyl (C=O) groups excluding carboxylic acids is 6. The van der Waals surface area contributed by atoms with Gasteiger partial charge in [0.1, 0.15) is 11.9 Å². The molecule has 1 saturated heterocycles. The molecule has 5 N–H and O–H groups in total. The van der Waals surface area contributed by atoms with Crippen LogP contribution in [0.25, 0.3) is 11.6 Å². The SMILES string of the molecule is CCN(CCCCCCCCNc1cccc2c1C(=O)N(C1CCC(=O)NC1=O)C2=O)CCNC(=O)c1c(C)[nH]c(C=C2C(=O)Nc3ccc(F)cc32)c1C. The average Bonchev–Trinajstić information content (AvgIpc) is 3.72. The van der Waals surface area contributed by atoms with Gasteiger partial charge in [0.15, 0.2) is 0 Å². The molecule has 1 fully saturated rings. The molecule has 1 atom stereocenters. The van der Waals surface area contributed by atoms with Gasteiger partial charge >= 0.3 is 0 Å². The summed E-state index contributed by atoms with van der Waals surface area (Å²) in [4.78, 5) is 82.6. The summed E-state index contributed by atoms with van der Waals surface area (Å²) in [6, 6.07) is 8.25. The number of piperidine rings is 1. The number of aryl methyl sites for hydroxylation is 1. The first-order valence-electron chi connectivity index (χ1n) is 19.1. The number of imide groups is 2. The van der Waals surface area contributed by atoms with E-state index in [1.165, 1.54) is 18.2 Å². The molecular formula is C41H48FN7O6. The molecule has 2 aromatic carbocycles. The number of nitrogens with zero attached hydrogens (tertiary/aromatic N) is 2. The Morgan fingerprint density at radius 2 is 1.69 bits per heavy atom. The number of rotatable bonds is 17.